The maximum atomic E-state index is 13.5. The van der Waals surface area contributed by atoms with Crippen LogP contribution in [-0.4, -0.2) is 17.1 Å². The number of hydrogen-bond donors (Lipinski definition) is 0. The average molecular weight is 218 g/mol. The zero-order valence-corrected chi connectivity index (χ0v) is 8.90. The molecule has 1 aromatic heterocycles. The van der Waals surface area contributed by atoms with Crippen LogP contribution in [0.25, 0.3) is 11.0 Å². The second-order valence-electron chi connectivity index (χ2n) is 4.04. The zero-order valence-electron chi connectivity index (χ0n) is 8.90. The van der Waals surface area contributed by atoms with E-state index in [1.807, 2.05) is 0 Å². The number of rotatable bonds is 2. The molecule has 82 valence electrons. The van der Waals surface area contributed by atoms with Gasteiger partial charge in [0.1, 0.15) is 0 Å². The van der Waals surface area contributed by atoms with Gasteiger partial charge in [0.2, 0.25) is 0 Å². The van der Waals surface area contributed by atoms with Gasteiger partial charge < -0.3 is 4.74 Å². The summed E-state index contributed by atoms with van der Waals surface area (Å²) in [5.41, 5.74) is 2.24. The molecule has 0 radical (unpaired) electrons. The van der Waals surface area contributed by atoms with Crippen LogP contribution in [0.2, 0.25) is 0 Å². The lowest BCUT2D eigenvalue weighted by Crippen LogP contribution is -1.94. The smallest absolute Gasteiger partial charge is 0.167 e. The molecule has 0 N–H and O–H groups in total. The van der Waals surface area contributed by atoms with Gasteiger partial charge in [-0.05, 0) is 12.8 Å². The van der Waals surface area contributed by atoms with E-state index in [9.17, 15) is 4.39 Å². The van der Waals surface area contributed by atoms with Crippen LogP contribution < -0.4 is 4.74 Å². The number of fused-ring (bicyclic) bond motifs is 1. The van der Waals surface area contributed by atoms with Crippen molar-refractivity contribution in [1.82, 2.24) is 9.97 Å². The standard InChI is InChI=1S/C12H11FN2O/c1-16-12-5-9-10(4-8(12)13)15-11(6-14-9)7-2-3-7/h4-7H,2-3H2,1H3. The maximum Gasteiger partial charge on any atom is 0.167 e. The molecule has 0 aliphatic heterocycles. The van der Waals surface area contributed by atoms with Gasteiger partial charge in [-0.1, -0.05) is 0 Å². The summed E-state index contributed by atoms with van der Waals surface area (Å²) < 4.78 is 18.4. The van der Waals surface area contributed by atoms with E-state index in [1.54, 1.807) is 12.3 Å². The fourth-order valence-electron chi connectivity index (χ4n) is 1.76. The minimum Gasteiger partial charge on any atom is -0.494 e. The Morgan fingerprint density at radius 3 is 2.81 bits per heavy atom. The first-order valence-corrected chi connectivity index (χ1v) is 5.28. The molecule has 1 heterocycles. The summed E-state index contributed by atoms with van der Waals surface area (Å²) in [6.45, 7) is 0. The summed E-state index contributed by atoms with van der Waals surface area (Å²) in [6.07, 6.45) is 4.11. The lowest BCUT2D eigenvalue weighted by Gasteiger charge is -2.04. The molecule has 0 spiro atoms. The Hall–Kier alpha value is -1.71. The molecular formula is C12H11FN2O. The fourth-order valence-corrected chi connectivity index (χ4v) is 1.76. The third-order valence-electron chi connectivity index (χ3n) is 2.83. The number of aromatic nitrogens is 2. The van der Waals surface area contributed by atoms with Crippen molar-refractivity contribution in [3.63, 3.8) is 0 Å². The summed E-state index contributed by atoms with van der Waals surface area (Å²) in [5, 5.41) is 0. The quantitative estimate of drug-likeness (QED) is 0.777. The molecule has 1 aromatic carbocycles. The van der Waals surface area contributed by atoms with Gasteiger partial charge >= 0.3 is 0 Å². The molecule has 2 aromatic rings. The molecule has 1 saturated carbocycles. The van der Waals surface area contributed by atoms with E-state index in [4.69, 9.17) is 4.74 Å². The van der Waals surface area contributed by atoms with E-state index in [0.29, 0.717) is 17.0 Å². The largest absolute Gasteiger partial charge is 0.494 e. The van der Waals surface area contributed by atoms with Crippen molar-refractivity contribution in [1.29, 1.82) is 0 Å². The third kappa shape index (κ3) is 1.50. The van der Waals surface area contributed by atoms with E-state index >= 15 is 0 Å². The Labute approximate surface area is 92.3 Å². The summed E-state index contributed by atoms with van der Waals surface area (Å²) >= 11 is 0. The molecular weight excluding hydrogens is 207 g/mol. The van der Waals surface area contributed by atoms with Crippen molar-refractivity contribution in [2.24, 2.45) is 0 Å². The van der Waals surface area contributed by atoms with Crippen molar-refractivity contribution >= 4 is 11.0 Å². The van der Waals surface area contributed by atoms with E-state index in [0.717, 1.165) is 5.69 Å². The molecule has 0 unspecified atom stereocenters. The molecule has 1 aliphatic carbocycles. The van der Waals surface area contributed by atoms with Gasteiger partial charge in [-0.2, -0.15) is 0 Å². The van der Waals surface area contributed by atoms with Crippen LogP contribution in [0.1, 0.15) is 24.5 Å². The minimum atomic E-state index is -0.391. The van der Waals surface area contributed by atoms with Crippen LogP contribution in [0.3, 0.4) is 0 Å². The minimum absolute atomic E-state index is 0.209. The molecule has 0 amide bonds. The Kier molecular flexibility index (Phi) is 2.02. The van der Waals surface area contributed by atoms with Gasteiger partial charge in [0.05, 0.1) is 23.8 Å². The molecule has 0 bridgehead atoms. The lowest BCUT2D eigenvalue weighted by molar-refractivity contribution is 0.387. The Morgan fingerprint density at radius 2 is 2.12 bits per heavy atom. The first kappa shape index (κ1) is 9.51. The van der Waals surface area contributed by atoms with Crippen LogP contribution in [-0.2, 0) is 0 Å². The van der Waals surface area contributed by atoms with E-state index < -0.39 is 5.82 Å². The van der Waals surface area contributed by atoms with Crippen molar-refractivity contribution in [2.75, 3.05) is 7.11 Å². The third-order valence-corrected chi connectivity index (χ3v) is 2.83. The summed E-state index contributed by atoms with van der Waals surface area (Å²) in [7, 11) is 1.44. The van der Waals surface area contributed by atoms with Crippen molar-refractivity contribution in [3.8, 4) is 5.75 Å². The highest BCUT2D eigenvalue weighted by molar-refractivity contribution is 5.76. The van der Waals surface area contributed by atoms with E-state index in [-0.39, 0.29) is 5.75 Å². The zero-order chi connectivity index (χ0) is 11.1. The number of nitrogens with zero attached hydrogens (tertiary/aromatic N) is 2. The number of halogens is 1. The molecule has 4 heteroatoms. The number of hydrogen-bond acceptors (Lipinski definition) is 3. The van der Waals surface area contributed by atoms with Gasteiger partial charge in [0.25, 0.3) is 0 Å². The van der Waals surface area contributed by atoms with Gasteiger partial charge in [-0.3, -0.25) is 4.98 Å². The Balaban J connectivity index is 2.16. The highest BCUT2D eigenvalue weighted by atomic mass is 19.1. The fraction of sp³-hybridized carbons (Fsp3) is 0.333. The van der Waals surface area contributed by atoms with Crippen LogP contribution in [0.15, 0.2) is 18.3 Å². The molecule has 16 heavy (non-hydrogen) atoms. The second-order valence-corrected chi connectivity index (χ2v) is 4.04. The monoisotopic (exact) mass is 218 g/mol. The predicted molar refractivity (Wildman–Crippen MR) is 58.0 cm³/mol. The summed E-state index contributed by atoms with van der Waals surface area (Å²) in [6, 6.07) is 2.96. The second kappa shape index (κ2) is 3.40. The van der Waals surface area contributed by atoms with Gasteiger partial charge in [0.15, 0.2) is 11.6 Å². The number of methoxy groups -OCH3 is 1. The Morgan fingerprint density at radius 1 is 1.31 bits per heavy atom. The van der Waals surface area contributed by atoms with Crippen LogP contribution >= 0.6 is 0 Å². The molecule has 0 saturated heterocycles. The molecule has 1 aliphatic rings. The predicted octanol–water partition coefficient (Wildman–Crippen LogP) is 2.65. The van der Waals surface area contributed by atoms with Gasteiger partial charge in [-0.25, -0.2) is 9.37 Å². The van der Waals surface area contributed by atoms with Crippen molar-refractivity contribution in [3.05, 3.63) is 29.8 Å². The Bertz CT molecular complexity index is 552. The van der Waals surface area contributed by atoms with Gasteiger partial charge in [0, 0.05) is 24.2 Å². The van der Waals surface area contributed by atoms with Crippen LogP contribution in [0, 0.1) is 5.82 Å². The number of benzene rings is 1. The molecule has 0 atom stereocenters. The lowest BCUT2D eigenvalue weighted by atomic mass is 10.2. The normalized spacial score (nSPS) is 15.4. The van der Waals surface area contributed by atoms with Crippen molar-refractivity contribution < 1.29 is 9.13 Å². The average Bonchev–Trinajstić information content (AvgIpc) is 3.11. The molecule has 3 rings (SSSR count). The molecule has 3 nitrogen and oxygen atoms in total. The number of ether oxygens (including phenoxy) is 1. The van der Waals surface area contributed by atoms with Gasteiger partial charge in [-0.15, -0.1) is 0 Å². The topological polar surface area (TPSA) is 35.0 Å². The summed E-state index contributed by atoms with van der Waals surface area (Å²) in [5.74, 6) is 0.347. The molecule has 1 fully saturated rings. The van der Waals surface area contributed by atoms with Crippen molar-refractivity contribution in [2.45, 2.75) is 18.8 Å². The SMILES string of the molecule is COc1cc2ncc(C3CC3)nc2cc1F. The van der Waals surface area contributed by atoms with Crippen LogP contribution in [0.5, 0.6) is 5.75 Å². The van der Waals surface area contributed by atoms with E-state index in [2.05, 4.69) is 9.97 Å². The summed E-state index contributed by atoms with van der Waals surface area (Å²) in [4.78, 5) is 8.70. The first-order valence-electron chi connectivity index (χ1n) is 5.28. The highest BCUT2D eigenvalue weighted by Crippen LogP contribution is 2.39. The van der Waals surface area contributed by atoms with Crippen LogP contribution in [0.4, 0.5) is 4.39 Å². The maximum absolute atomic E-state index is 13.5. The first-order chi connectivity index (χ1) is 7.78. The highest BCUT2D eigenvalue weighted by Gasteiger charge is 2.25. The van der Waals surface area contributed by atoms with E-state index in [1.165, 1.54) is 26.0 Å².